The van der Waals surface area contributed by atoms with E-state index < -0.39 is 5.97 Å². The largest absolute Gasteiger partial charge is 0.460 e. The van der Waals surface area contributed by atoms with Gasteiger partial charge in [0.1, 0.15) is 22.7 Å². The van der Waals surface area contributed by atoms with Crippen LogP contribution in [0.2, 0.25) is 0 Å². The van der Waals surface area contributed by atoms with Crippen LogP contribution in [0.4, 0.5) is 0 Å². The molecule has 0 fully saturated rings. The molecule has 0 aliphatic carbocycles. The molecular weight excluding hydrogens is 540 g/mol. The van der Waals surface area contributed by atoms with Gasteiger partial charge in [-0.2, -0.15) is 0 Å². The zero-order valence-electron chi connectivity index (χ0n) is 16.6. The van der Waals surface area contributed by atoms with Crippen molar-refractivity contribution in [1.29, 1.82) is 0 Å². The Hall–Kier alpha value is -3.16. The minimum absolute atomic E-state index is 0.0846. The number of rotatable bonds is 3. The first-order valence-electron chi connectivity index (χ1n) is 9.64. The zero-order valence-corrected chi connectivity index (χ0v) is 19.8. The molecule has 0 saturated carbocycles. The maximum absolute atomic E-state index is 13.1. The fourth-order valence-electron chi connectivity index (χ4n) is 3.57. The standard InChI is InChI=1S/C25H14Br2O5/c1-13-23(14-2-4-16(26)5-3-14)24(28)19-8-7-18(12-21(19)30-13)31-25(29)22-11-15-10-17(27)6-9-20(15)32-22/h2-12H,1H3. The van der Waals surface area contributed by atoms with Crippen LogP contribution < -0.4 is 10.2 Å². The summed E-state index contributed by atoms with van der Waals surface area (Å²) >= 11 is 6.79. The number of esters is 1. The van der Waals surface area contributed by atoms with Crippen molar-refractivity contribution >= 4 is 59.8 Å². The van der Waals surface area contributed by atoms with Crippen LogP contribution in [0.15, 0.2) is 89.3 Å². The van der Waals surface area contributed by atoms with Gasteiger partial charge in [-0.05, 0) is 61.0 Å². The maximum atomic E-state index is 13.1. The summed E-state index contributed by atoms with van der Waals surface area (Å²) in [6.07, 6.45) is 0. The summed E-state index contributed by atoms with van der Waals surface area (Å²) in [5, 5.41) is 1.19. The number of ether oxygens (including phenoxy) is 1. The van der Waals surface area contributed by atoms with Crippen LogP contribution in [-0.2, 0) is 0 Å². The molecule has 3 aromatic carbocycles. The molecule has 0 amide bonds. The van der Waals surface area contributed by atoms with Crippen LogP contribution >= 0.6 is 31.9 Å². The van der Waals surface area contributed by atoms with Crippen molar-refractivity contribution < 1.29 is 18.4 Å². The molecule has 7 heteroatoms. The number of benzene rings is 3. The van der Waals surface area contributed by atoms with Crippen molar-refractivity contribution in [2.24, 2.45) is 0 Å². The van der Waals surface area contributed by atoms with Crippen LogP contribution in [-0.4, -0.2) is 5.97 Å². The topological polar surface area (TPSA) is 69.7 Å². The van der Waals surface area contributed by atoms with Gasteiger partial charge in [0.25, 0.3) is 0 Å². The molecule has 0 radical (unpaired) electrons. The van der Waals surface area contributed by atoms with E-state index in [4.69, 9.17) is 13.6 Å². The van der Waals surface area contributed by atoms with E-state index in [2.05, 4.69) is 31.9 Å². The second kappa shape index (κ2) is 8.07. The second-order valence-corrected chi connectivity index (χ2v) is 9.04. The molecule has 0 N–H and O–H groups in total. The Bertz CT molecular complexity index is 1560. The van der Waals surface area contributed by atoms with Gasteiger partial charge in [0, 0.05) is 20.4 Å². The van der Waals surface area contributed by atoms with Crippen molar-refractivity contribution in [3.8, 4) is 16.9 Å². The molecule has 5 nitrogen and oxygen atoms in total. The summed E-state index contributed by atoms with van der Waals surface area (Å²) < 4.78 is 18.8. The smallest absolute Gasteiger partial charge is 0.379 e. The number of carbonyl (C=O) groups is 1. The van der Waals surface area contributed by atoms with Crippen molar-refractivity contribution in [2.45, 2.75) is 6.92 Å². The van der Waals surface area contributed by atoms with Gasteiger partial charge in [0.15, 0.2) is 0 Å². The molecule has 0 unspecified atom stereocenters. The highest BCUT2D eigenvalue weighted by atomic mass is 79.9. The number of furan rings is 1. The fraction of sp³-hybridized carbons (Fsp3) is 0.0400. The quantitative estimate of drug-likeness (QED) is 0.174. The minimum Gasteiger partial charge on any atom is -0.460 e. The monoisotopic (exact) mass is 552 g/mol. The molecule has 0 bridgehead atoms. The lowest BCUT2D eigenvalue weighted by atomic mass is 10.0. The van der Waals surface area contributed by atoms with Crippen molar-refractivity contribution in [2.75, 3.05) is 0 Å². The summed E-state index contributed by atoms with van der Waals surface area (Å²) in [5.74, 6) is 0.183. The van der Waals surface area contributed by atoms with E-state index in [0.717, 1.165) is 19.9 Å². The highest BCUT2D eigenvalue weighted by Crippen LogP contribution is 2.28. The molecule has 5 rings (SSSR count). The van der Waals surface area contributed by atoms with Crippen molar-refractivity contribution in [3.63, 3.8) is 0 Å². The molecule has 0 spiro atoms. The fourth-order valence-corrected chi connectivity index (χ4v) is 4.21. The van der Waals surface area contributed by atoms with Crippen molar-refractivity contribution in [1.82, 2.24) is 0 Å². The molecule has 0 aliphatic rings. The lowest BCUT2D eigenvalue weighted by Gasteiger charge is -2.08. The first-order valence-corrected chi connectivity index (χ1v) is 11.2. The predicted molar refractivity (Wildman–Crippen MR) is 129 cm³/mol. The Kier molecular flexibility index (Phi) is 5.23. The van der Waals surface area contributed by atoms with E-state index in [1.165, 1.54) is 6.07 Å². The molecule has 32 heavy (non-hydrogen) atoms. The first kappa shape index (κ1) is 20.7. The third kappa shape index (κ3) is 3.78. The van der Waals surface area contributed by atoms with Gasteiger partial charge in [-0.25, -0.2) is 4.79 Å². The zero-order chi connectivity index (χ0) is 22.4. The number of carbonyl (C=O) groups excluding carboxylic acids is 1. The van der Waals surface area contributed by atoms with E-state index in [-0.39, 0.29) is 16.9 Å². The van der Waals surface area contributed by atoms with Gasteiger partial charge >= 0.3 is 5.97 Å². The van der Waals surface area contributed by atoms with Crippen molar-refractivity contribution in [3.05, 3.63) is 97.4 Å². The van der Waals surface area contributed by atoms with Crippen LogP contribution in [0.3, 0.4) is 0 Å². The summed E-state index contributed by atoms with van der Waals surface area (Å²) in [6, 6.07) is 19.2. The number of aryl methyl sites for hydroxylation is 1. The highest BCUT2D eigenvalue weighted by molar-refractivity contribution is 9.10. The van der Waals surface area contributed by atoms with Gasteiger partial charge in [0.05, 0.1) is 10.9 Å². The lowest BCUT2D eigenvalue weighted by Crippen LogP contribution is -2.09. The third-order valence-corrected chi connectivity index (χ3v) is 6.08. The normalized spacial score (nSPS) is 11.2. The number of fused-ring (bicyclic) bond motifs is 2. The summed E-state index contributed by atoms with van der Waals surface area (Å²) in [7, 11) is 0. The van der Waals surface area contributed by atoms with Gasteiger partial charge in [-0.1, -0.05) is 44.0 Å². The summed E-state index contributed by atoms with van der Waals surface area (Å²) in [6.45, 7) is 1.74. The maximum Gasteiger partial charge on any atom is 0.379 e. The minimum atomic E-state index is -0.637. The van der Waals surface area contributed by atoms with Gasteiger partial charge in [0.2, 0.25) is 11.2 Å². The van der Waals surface area contributed by atoms with E-state index in [0.29, 0.717) is 27.9 Å². The van der Waals surface area contributed by atoms with Crippen LogP contribution in [0, 0.1) is 6.92 Å². The Balaban J connectivity index is 1.49. The number of halogens is 2. The Labute approximate surface area is 198 Å². The van der Waals surface area contributed by atoms with E-state index in [1.54, 1.807) is 31.2 Å². The molecule has 0 saturated heterocycles. The van der Waals surface area contributed by atoms with Crippen LogP contribution in [0.1, 0.15) is 16.3 Å². The average Bonchev–Trinajstić information content (AvgIpc) is 3.18. The van der Waals surface area contributed by atoms with E-state index in [1.807, 2.05) is 36.4 Å². The van der Waals surface area contributed by atoms with Gasteiger partial charge in [-0.15, -0.1) is 0 Å². The SMILES string of the molecule is Cc1oc2cc(OC(=O)c3cc4cc(Br)ccc4o3)ccc2c(=O)c1-c1ccc(Br)cc1. The van der Waals surface area contributed by atoms with E-state index in [9.17, 15) is 9.59 Å². The first-order chi connectivity index (χ1) is 15.4. The summed E-state index contributed by atoms with van der Waals surface area (Å²) in [4.78, 5) is 25.7. The van der Waals surface area contributed by atoms with Crippen LogP contribution in [0.25, 0.3) is 33.1 Å². The molecule has 0 aliphatic heterocycles. The Morgan fingerprint density at radius 3 is 2.38 bits per heavy atom. The lowest BCUT2D eigenvalue weighted by molar-refractivity contribution is 0.0704. The highest BCUT2D eigenvalue weighted by Gasteiger charge is 2.18. The molecule has 158 valence electrons. The van der Waals surface area contributed by atoms with Gasteiger partial charge < -0.3 is 13.6 Å². The van der Waals surface area contributed by atoms with Gasteiger partial charge in [-0.3, -0.25) is 4.79 Å². The van der Waals surface area contributed by atoms with E-state index >= 15 is 0 Å². The Morgan fingerprint density at radius 1 is 0.844 bits per heavy atom. The molecular formula is C25H14Br2O5. The number of hydrogen-bond acceptors (Lipinski definition) is 5. The third-order valence-electron chi connectivity index (χ3n) is 5.06. The molecule has 5 aromatic rings. The Morgan fingerprint density at radius 2 is 1.59 bits per heavy atom. The summed E-state index contributed by atoms with van der Waals surface area (Å²) in [5.41, 5.74) is 2.05. The molecule has 2 heterocycles. The second-order valence-electron chi connectivity index (χ2n) is 7.21. The molecule has 2 aromatic heterocycles. The number of hydrogen-bond donors (Lipinski definition) is 0. The predicted octanol–water partition coefficient (Wildman–Crippen LogP) is 7.26. The average molecular weight is 554 g/mol. The van der Waals surface area contributed by atoms with Crippen LogP contribution in [0.5, 0.6) is 5.75 Å². The molecule has 0 atom stereocenters.